The average molecular weight is 462 g/mol. The Balaban J connectivity index is 1.31. The number of hydrogen-bond acceptors (Lipinski definition) is 7. The number of anilines is 1. The first-order chi connectivity index (χ1) is 17.2. The molecule has 0 atom stereocenters. The Morgan fingerprint density at radius 1 is 0.457 bits per heavy atom. The lowest BCUT2D eigenvalue weighted by molar-refractivity contribution is 0.795. The van der Waals surface area contributed by atoms with Gasteiger partial charge in [-0.1, -0.05) is 25.5 Å². The van der Waals surface area contributed by atoms with Crippen molar-refractivity contribution in [2.24, 2.45) is 30.7 Å². The van der Waals surface area contributed by atoms with E-state index in [1.165, 1.54) is 18.4 Å². The van der Waals surface area contributed by atoms with Gasteiger partial charge in [0, 0.05) is 5.69 Å². The molecule has 0 saturated carbocycles. The van der Waals surface area contributed by atoms with Crippen molar-refractivity contribution in [2.45, 2.75) is 26.2 Å². The second-order valence-electron chi connectivity index (χ2n) is 7.99. The molecule has 0 aromatic heterocycles. The van der Waals surface area contributed by atoms with Crippen LogP contribution in [0.5, 0.6) is 0 Å². The van der Waals surface area contributed by atoms with E-state index in [0.29, 0.717) is 5.69 Å². The predicted molar refractivity (Wildman–Crippen MR) is 141 cm³/mol. The van der Waals surface area contributed by atoms with Gasteiger partial charge >= 0.3 is 0 Å². The number of nitrogens with two attached hydrogens (primary N) is 1. The average Bonchev–Trinajstić information content (AvgIpc) is 2.91. The van der Waals surface area contributed by atoms with Gasteiger partial charge in [-0.05, 0) is 103 Å². The van der Waals surface area contributed by atoms with Crippen LogP contribution in [0.25, 0.3) is 0 Å². The highest BCUT2D eigenvalue weighted by Crippen LogP contribution is 2.26. The Kier molecular flexibility index (Phi) is 8.16. The predicted octanol–water partition coefficient (Wildman–Crippen LogP) is 9.86. The highest BCUT2D eigenvalue weighted by Gasteiger charge is 1.97. The van der Waals surface area contributed by atoms with E-state index in [4.69, 9.17) is 5.73 Å². The third kappa shape index (κ3) is 7.50. The highest BCUT2D eigenvalue weighted by molar-refractivity contribution is 5.51. The van der Waals surface area contributed by atoms with Crippen LogP contribution >= 0.6 is 0 Å². The van der Waals surface area contributed by atoms with Crippen molar-refractivity contribution in [1.82, 2.24) is 0 Å². The summed E-state index contributed by atoms with van der Waals surface area (Å²) in [5.41, 5.74) is 12.2. The summed E-state index contributed by atoms with van der Waals surface area (Å²) in [5, 5.41) is 25.6. The summed E-state index contributed by atoms with van der Waals surface area (Å²) in [7, 11) is 0. The summed E-state index contributed by atoms with van der Waals surface area (Å²) in [6.07, 6.45) is 3.50. The Bertz CT molecular complexity index is 1290. The standard InChI is InChI=1S/C28H27N7/c1-2-3-4-21-5-9-23(10-6-21)30-32-25-13-17-27(18-14-25)34-35-28-19-15-26(16-20-28)33-31-24-11-7-22(29)8-12-24/h5-20H,2-4,29H2,1H3. The van der Waals surface area contributed by atoms with Crippen molar-refractivity contribution >= 4 is 39.8 Å². The summed E-state index contributed by atoms with van der Waals surface area (Å²) in [6, 6.07) is 30.3. The van der Waals surface area contributed by atoms with Crippen molar-refractivity contribution in [3.05, 3.63) is 103 Å². The Labute approximate surface area is 205 Å². The summed E-state index contributed by atoms with van der Waals surface area (Å²) in [5.74, 6) is 0. The number of rotatable bonds is 9. The topological polar surface area (TPSA) is 100 Å². The number of nitrogens with zero attached hydrogens (tertiary/aromatic N) is 6. The maximum absolute atomic E-state index is 5.68. The van der Waals surface area contributed by atoms with Crippen molar-refractivity contribution in [3.8, 4) is 0 Å². The van der Waals surface area contributed by atoms with Crippen molar-refractivity contribution in [2.75, 3.05) is 5.73 Å². The van der Waals surface area contributed by atoms with Gasteiger partial charge < -0.3 is 5.73 Å². The molecule has 0 saturated heterocycles. The van der Waals surface area contributed by atoms with E-state index in [9.17, 15) is 0 Å². The summed E-state index contributed by atoms with van der Waals surface area (Å²) >= 11 is 0. The molecular weight excluding hydrogens is 434 g/mol. The van der Waals surface area contributed by atoms with Gasteiger partial charge in [-0.25, -0.2) is 0 Å². The minimum absolute atomic E-state index is 0.695. The van der Waals surface area contributed by atoms with E-state index in [0.717, 1.165) is 40.5 Å². The molecule has 0 radical (unpaired) electrons. The van der Waals surface area contributed by atoms with Crippen LogP contribution in [0.1, 0.15) is 25.3 Å². The molecule has 0 aliphatic rings. The van der Waals surface area contributed by atoms with Crippen LogP contribution < -0.4 is 5.73 Å². The first kappa shape index (κ1) is 23.6. The molecule has 4 aromatic carbocycles. The Hall–Kier alpha value is -4.52. The zero-order valence-electron chi connectivity index (χ0n) is 19.6. The first-order valence-electron chi connectivity index (χ1n) is 11.6. The van der Waals surface area contributed by atoms with E-state index in [-0.39, 0.29) is 0 Å². The summed E-state index contributed by atoms with van der Waals surface area (Å²) in [4.78, 5) is 0. The molecule has 7 nitrogen and oxygen atoms in total. The van der Waals surface area contributed by atoms with Crippen molar-refractivity contribution < 1.29 is 0 Å². The van der Waals surface area contributed by atoms with E-state index in [1.807, 2.05) is 72.8 Å². The second-order valence-corrected chi connectivity index (χ2v) is 7.99. The lowest BCUT2D eigenvalue weighted by Crippen LogP contribution is -1.82. The molecule has 2 N–H and O–H groups in total. The molecule has 0 aliphatic carbocycles. The normalized spacial score (nSPS) is 11.7. The summed E-state index contributed by atoms with van der Waals surface area (Å²) < 4.78 is 0. The third-order valence-corrected chi connectivity index (χ3v) is 5.19. The molecule has 0 fully saturated rings. The van der Waals surface area contributed by atoms with Gasteiger partial charge in [0.1, 0.15) is 0 Å². The Morgan fingerprint density at radius 2 is 0.743 bits per heavy atom. The van der Waals surface area contributed by atoms with Crippen LogP contribution in [-0.4, -0.2) is 0 Å². The SMILES string of the molecule is CCCCc1ccc(N=Nc2ccc(N=Nc3ccc(N=Nc4ccc(N)cc4)cc3)cc2)cc1. The van der Waals surface area contributed by atoms with Gasteiger partial charge in [0.25, 0.3) is 0 Å². The number of unbranched alkanes of at least 4 members (excludes halogenated alkanes) is 1. The van der Waals surface area contributed by atoms with Crippen molar-refractivity contribution in [1.29, 1.82) is 0 Å². The lowest BCUT2D eigenvalue weighted by atomic mass is 10.1. The fourth-order valence-corrected chi connectivity index (χ4v) is 3.17. The van der Waals surface area contributed by atoms with Gasteiger partial charge in [0.2, 0.25) is 0 Å². The quantitative estimate of drug-likeness (QED) is 0.194. The number of nitrogen functional groups attached to an aromatic ring is 1. The lowest BCUT2D eigenvalue weighted by Gasteiger charge is -2.00. The zero-order valence-corrected chi connectivity index (χ0v) is 19.6. The molecule has 7 heteroatoms. The minimum atomic E-state index is 0.695. The molecule has 174 valence electrons. The largest absolute Gasteiger partial charge is 0.399 e. The molecular formula is C28H27N7. The van der Waals surface area contributed by atoms with Crippen LogP contribution in [0.4, 0.5) is 39.8 Å². The fourth-order valence-electron chi connectivity index (χ4n) is 3.17. The maximum atomic E-state index is 5.68. The van der Waals surface area contributed by atoms with Gasteiger partial charge in [-0.2, -0.15) is 30.7 Å². The fraction of sp³-hybridized carbons (Fsp3) is 0.143. The maximum Gasteiger partial charge on any atom is 0.0858 e. The highest BCUT2D eigenvalue weighted by atomic mass is 15.1. The Morgan fingerprint density at radius 3 is 1.06 bits per heavy atom. The summed E-state index contributed by atoms with van der Waals surface area (Å²) in [6.45, 7) is 2.20. The van der Waals surface area contributed by atoms with Gasteiger partial charge in [0.15, 0.2) is 0 Å². The molecule has 4 aromatic rings. The van der Waals surface area contributed by atoms with Gasteiger partial charge in [-0.15, -0.1) is 0 Å². The minimum Gasteiger partial charge on any atom is -0.399 e. The number of hydrogen-bond donors (Lipinski definition) is 1. The van der Waals surface area contributed by atoms with Crippen LogP contribution in [0.2, 0.25) is 0 Å². The monoisotopic (exact) mass is 461 g/mol. The van der Waals surface area contributed by atoms with Gasteiger partial charge in [0.05, 0.1) is 34.1 Å². The van der Waals surface area contributed by atoms with E-state index < -0.39 is 0 Å². The number of benzene rings is 4. The first-order valence-corrected chi connectivity index (χ1v) is 11.6. The van der Waals surface area contributed by atoms with E-state index >= 15 is 0 Å². The molecule has 35 heavy (non-hydrogen) atoms. The molecule has 0 aliphatic heterocycles. The number of aryl methyl sites for hydroxylation is 1. The molecule has 0 amide bonds. The van der Waals surface area contributed by atoms with E-state index in [2.05, 4.69) is 49.7 Å². The van der Waals surface area contributed by atoms with Crippen LogP contribution in [0.3, 0.4) is 0 Å². The molecule has 0 spiro atoms. The van der Waals surface area contributed by atoms with Crippen LogP contribution in [0.15, 0.2) is 128 Å². The molecule has 0 unspecified atom stereocenters. The van der Waals surface area contributed by atoms with Gasteiger partial charge in [-0.3, -0.25) is 0 Å². The molecule has 4 rings (SSSR count). The molecule has 0 heterocycles. The van der Waals surface area contributed by atoms with Crippen LogP contribution in [-0.2, 0) is 6.42 Å². The second kappa shape index (κ2) is 12.1. The van der Waals surface area contributed by atoms with Crippen molar-refractivity contribution in [3.63, 3.8) is 0 Å². The smallest absolute Gasteiger partial charge is 0.0858 e. The molecule has 0 bridgehead atoms. The third-order valence-electron chi connectivity index (χ3n) is 5.19. The van der Waals surface area contributed by atoms with E-state index in [1.54, 1.807) is 12.1 Å². The zero-order chi connectivity index (χ0) is 24.3. The van der Waals surface area contributed by atoms with Crippen LogP contribution in [0, 0.1) is 0 Å². The number of azo groups is 3.